The van der Waals surface area contributed by atoms with Crippen LogP contribution >= 0.6 is 0 Å². The minimum Gasteiger partial charge on any atom is -0.375 e. The number of hydrogen-bond donors (Lipinski definition) is 0. The van der Waals surface area contributed by atoms with Gasteiger partial charge in [-0.25, -0.2) is 15.0 Å². The van der Waals surface area contributed by atoms with Gasteiger partial charge in [-0.05, 0) is 176 Å². The van der Waals surface area contributed by atoms with Crippen LogP contribution in [0.4, 0.5) is 17.1 Å². The van der Waals surface area contributed by atoms with Crippen molar-refractivity contribution >= 4 is 67.8 Å². The maximum absolute atomic E-state index is 5.19. The molecule has 2 aliphatic heterocycles. The second-order valence-electron chi connectivity index (χ2n) is 20.7. The molecule has 13 rings (SSSR count). The number of nitrogens with zero attached hydrogens (tertiary/aromatic N) is 5. The maximum atomic E-state index is 5.19. The third-order valence-corrected chi connectivity index (χ3v) is 15.8. The van der Waals surface area contributed by atoms with E-state index in [0.29, 0.717) is 17.5 Å². The van der Waals surface area contributed by atoms with Crippen LogP contribution in [0.1, 0.15) is 64.2 Å². The molecule has 4 heterocycles. The fraction of sp³-hybridized carbons (Fsp3) is 0.116. The lowest BCUT2D eigenvalue weighted by Gasteiger charge is -2.41. The average molecular weight is 966 g/mol. The van der Waals surface area contributed by atoms with Crippen LogP contribution in [-0.2, 0) is 0 Å². The Hall–Kier alpha value is -8.87. The van der Waals surface area contributed by atoms with Crippen LogP contribution in [0.5, 0.6) is 0 Å². The zero-order chi connectivity index (χ0) is 51.1. The number of anilines is 3. The number of para-hydroxylation sites is 2. The van der Waals surface area contributed by atoms with Gasteiger partial charge in [0, 0.05) is 61.1 Å². The molecule has 0 saturated carbocycles. The lowest BCUT2D eigenvalue weighted by Crippen LogP contribution is -2.56. The average Bonchev–Trinajstić information content (AvgIpc) is 3.89. The van der Waals surface area contributed by atoms with Crippen molar-refractivity contribution in [3.8, 4) is 56.4 Å². The Morgan fingerprint density at radius 2 is 1.23 bits per heavy atom. The molecule has 75 heavy (non-hydrogen) atoms. The van der Waals surface area contributed by atoms with Crippen LogP contribution in [-0.4, -0.2) is 26.3 Å². The van der Waals surface area contributed by atoms with Gasteiger partial charge in [-0.2, -0.15) is 0 Å². The zero-order valence-electron chi connectivity index (χ0n) is 43.4. The van der Waals surface area contributed by atoms with Gasteiger partial charge in [0.05, 0.1) is 0 Å². The normalized spacial score (nSPS) is 13.7. The summed E-state index contributed by atoms with van der Waals surface area (Å²) in [6.07, 6.45) is 8.58. The van der Waals surface area contributed by atoms with E-state index in [-0.39, 0.29) is 6.85 Å². The van der Waals surface area contributed by atoms with Crippen LogP contribution < -0.4 is 15.8 Å². The Balaban J connectivity index is 1.12. The molecule has 0 bridgehead atoms. The van der Waals surface area contributed by atoms with Crippen molar-refractivity contribution in [1.29, 1.82) is 0 Å². The second-order valence-corrected chi connectivity index (χ2v) is 20.7. The van der Waals surface area contributed by atoms with E-state index in [1.165, 1.54) is 105 Å². The Bertz CT molecular complexity index is 4080. The van der Waals surface area contributed by atoms with Crippen molar-refractivity contribution in [2.75, 3.05) is 4.90 Å². The number of hydrogen-bond acceptors (Lipinski definition) is 4. The van der Waals surface area contributed by atoms with Crippen LogP contribution in [0.3, 0.4) is 0 Å². The third-order valence-electron chi connectivity index (χ3n) is 15.8. The smallest absolute Gasteiger partial charge is 0.333 e. The first kappa shape index (κ1) is 46.0. The van der Waals surface area contributed by atoms with E-state index in [0.717, 1.165) is 46.3 Å². The first-order chi connectivity index (χ1) is 36.7. The molecule has 0 fully saturated rings. The fourth-order valence-electron chi connectivity index (χ4n) is 12.6. The monoisotopic (exact) mass is 965 g/mol. The number of fused-ring (bicyclic) bond motifs is 7. The highest BCUT2D eigenvalue weighted by molar-refractivity contribution is 6.90. The van der Waals surface area contributed by atoms with Gasteiger partial charge in [0.1, 0.15) is 0 Å². The van der Waals surface area contributed by atoms with Gasteiger partial charge in [0.25, 0.3) is 0 Å². The quantitative estimate of drug-likeness (QED) is 0.107. The van der Waals surface area contributed by atoms with E-state index in [1.807, 2.05) is 42.5 Å². The van der Waals surface area contributed by atoms with E-state index >= 15 is 0 Å². The molecular formula is C69H56BN5. The molecular weight excluding hydrogens is 910 g/mol. The summed E-state index contributed by atoms with van der Waals surface area (Å²) in [5, 5.41) is 2.54. The van der Waals surface area contributed by atoms with Gasteiger partial charge in [0.2, 0.25) is 0 Å². The van der Waals surface area contributed by atoms with Gasteiger partial charge in [0.15, 0.2) is 17.5 Å². The van der Waals surface area contributed by atoms with E-state index in [1.54, 1.807) is 0 Å². The van der Waals surface area contributed by atoms with Gasteiger partial charge in [-0.15, -0.1) is 0 Å². The summed E-state index contributed by atoms with van der Waals surface area (Å²) in [6.45, 7) is 17.6. The fourth-order valence-corrected chi connectivity index (χ4v) is 12.6. The van der Waals surface area contributed by atoms with E-state index < -0.39 is 0 Å². The minimum atomic E-state index is -0.102. The Labute approximate surface area is 440 Å². The molecule has 2 aromatic heterocycles. The predicted molar refractivity (Wildman–Crippen MR) is 318 cm³/mol. The third kappa shape index (κ3) is 7.49. The molecule has 0 saturated heterocycles. The van der Waals surface area contributed by atoms with Crippen molar-refractivity contribution in [2.45, 2.75) is 54.4 Å². The van der Waals surface area contributed by atoms with Crippen molar-refractivity contribution in [2.24, 2.45) is 0 Å². The van der Waals surface area contributed by atoms with Crippen molar-refractivity contribution < 1.29 is 0 Å². The Morgan fingerprint density at radius 3 is 1.91 bits per heavy atom. The lowest BCUT2D eigenvalue weighted by molar-refractivity contribution is 0.953. The number of rotatable bonds is 9. The van der Waals surface area contributed by atoms with Crippen LogP contribution in [0.25, 0.3) is 89.4 Å². The summed E-state index contributed by atoms with van der Waals surface area (Å²) in [4.78, 5) is 17.9. The predicted octanol–water partition coefficient (Wildman–Crippen LogP) is 16.8. The van der Waals surface area contributed by atoms with Crippen molar-refractivity contribution in [3.63, 3.8) is 0 Å². The van der Waals surface area contributed by atoms with Crippen LogP contribution in [0.2, 0.25) is 0 Å². The topological polar surface area (TPSA) is 46.8 Å². The minimum absolute atomic E-state index is 0.102. The highest BCUT2D eigenvalue weighted by atomic mass is 15.2. The summed E-state index contributed by atoms with van der Waals surface area (Å²) in [6, 6.07) is 64.0. The Kier molecular flexibility index (Phi) is 11.2. The lowest BCUT2D eigenvalue weighted by atomic mass is 9.44. The van der Waals surface area contributed by atoms with Gasteiger partial charge >= 0.3 is 6.85 Å². The molecule has 5 nitrogen and oxygen atoms in total. The van der Waals surface area contributed by atoms with Crippen LogP contribution in [0.15, 0.2) is 223 Å². The molecule has 360 valence electrons. The molecule has 1 aliphatic carbocycles. The van der Waals surface area contributed by atoms with Crippen LogP contribution in [0, 0.1) is 6.92 Å². The van der Waals surface area contributed by atoms with E-state index in [2.05, 4.69) is 209 Å². The highest BCUT2D eigenvalue weighted by Crippen LogP contribution is 2.50. The van der Waals surface area contributed by atoms with Gasteiger partial charge in [-0.1, -0.05) is 157 Å². The molecule has 0 spiro atoms. The highest BCUT2D eigenvalue weighted by Gasteiger charge is 2.44. The van der Waals surface area contributed by atoms with Crippen molar-refractivity contribution in [1.82, 2.24) is 19.4 Å². The second kappa shape index (κ2) is 18.3. The summed E-state index contributed by atoms with van der Waals surface area (Å²) in [5.74, 6) is 1.91. The van der Waals surface area contributed by atoms with E-state index in [4.69, 9.17) is 15.0 Å². The zero-order valence-corrected chi connectivity index (χ0v) is 43.4. The number of benzene rings is 8. The summed E-state index contributed by atoms with van der Waals surface area (Å²) >= 11 is 0. The first-order valence-electron chi connectivity index (χ1n) is 26.2. The molecule has 0 radical (unpaired) electrons. The molecule has 0 N–H and O–H groups in total. The van der Waals surface area contributed by atoms with E-state index in [9.17, 15) is 0 Å². The van der Waals surface area contributed by atoms with Crippen molar-refractivity contribution in [3.05, 3.63) is 240 Å². The standard InChI is InChI=1S/C69H56BN5/c1-8-22-43(4)62(42(2)3)50-35-36-59-55(38-50)56-39-52(63-44(5)23-20-24-45(63)6)40-57-64-46(7)54(41-61-65(64)70(75(59)66(56)57)58-33-18-19-34-60(58)74(61)53-31-16-11-17-32-53)49-29-21-30-51(37-49)69-72-67(47-25-12-9-13-26-47)71-68(73-69)48-27-14-10-15-28-48/h8-19,21-23,25-41H,1,20,24H2,2-7H3/b43-22-. The SMILES string of the molecule is C=C/C=C(/C)C(=C(C)C)c1ccc2c(c1)c1cc(C3=C(C)CCC=C3C)cc3c1n2B1c2ccccc2N(c2ccccc2)c2cc(-c4cccc(-c5nc(-c6ccccc6)nc(-c6ccccc6)n5)c4)c(C)c-3c21. The first-order valence-corrected chi connectivity index (χ1v) is 26.2. The molecule has 3 aliphatic rings. The van der Waals surface area contributed by atoms with Gasteiger partial charge < -0.3 is 9.38 Å². The molecule has 0 unspecified atom stereocenters. The number of allylic oxidation sites excluding steroid dienone is 9. The molecule has 8 aromatic carbocycles. The largest absolute Gasteiger partial charge is 0.375 e. The summed E-state index contributed by atoms with van der Waals surface area (Å²) < 4.78 is 2.69. The molecule has 10 aromatic rings. The van der Waals surface area contributed by atoms with Gasteiger partial charge in [-0.3, -0.25) is 0 Å². The molecule has 6 heteroatoms. The summed E-state index contributed by atoms with van der Waals surface area (Å²) in [5.41, 5.74) is 27.8. The molecule has 0 atom stereocenters. The number of aromatic nitrogens is 4. The maximum Gasteiger partial charge on any atom is 0.333 e. The Morgan fingerprint density at radius 1 is 0.587 bits per heavy atom. The molecule has 0 amide bonds. The summed E-state index contributed by atoms with van der Waals surface area (Å²) in [7, 11) is 0.